The quantitative estimate of drug-likeness (QED) is 0.776. The molecule has 0 spiro atoms. The van der Waals surface area contributed by atoms with Crippen LogP contribution >= 0.6 is 0 Å². The van der Waals surface area contributed by atoms with E-state index in [1.807, 2.05) is 54.6 Å². The fourth-order valence-electron chi connectivity index (χ4n) is 2.68. The zero-order valence-electron chi connectivity index (χ0n) is 12.6. The van der Waals surface area contributed by atoms with Gasteiger partial charge in [0.1, 0.15) is 5.75 Å². The fourth-order valence-corrected chi connectivity index (χ4v) is 3.54. The van der Waals surface area contributed by atoms with Crippen molar-refractivity contribution in [1.82, 2.24) is 4.98 Å². The molecule has 0 fully saturated rings. The van der Waals surface area contributed by atoms with Crippen molar-refractivity contribution >= 4 is 15.7 Å². The Bertz CT molecular complexity index is 985. The van der Waals surface area contributed by atoms with Gasteiger partial charge < -0.3 is 4.74 Å². The summed E-state index contributed by atoms with van der Waals surface area (Å²) in [7, 11) is -3.46. The number of nitrogens with zero attached hydrogens (tertiary/aromatic N) is 1. The summed E-state index contributed by atoms with van der Waals surface area (Å²) in [4.78, 5) is 4.33. The maximum atomic E-state index is 11.8. The first-order chi connectivity index (χ1) is 11.6. The molecule has 0 saturated heterocycles. The fraction of sp³-hybridized carbons (Fsp3) is 0.0556. The molecule has 120 valence electrons. The van der Waals surface area contributed by atoms with Crippen LogP contribution in [0.1, 0.15) is 0 Å². The molecule has 1 aromatic heterocycles. The Morgan fingerprint density at radius 1 is 0.917 bits per heavy atom. The van der Waals surface area contributed by atoms with Crippen LogP contribution in [0.2, 0.25) is 0 Å². The molecule has 0 unspecified atom stereocenters. The molecule has 2 heterocycles. The van der Waals surface area contributed by atoms with Crippen molar-refractivity contribution in [2.24, 2.45) is 0 Å². The van der Waals surface area contributed by atoms with Gasteiger partial charge in [0, 0.05) is 17.3 Å². The molecule has 6 heteroatoms. The van der Waals surface area contributed by atoms with Crippen molar-refractivity contribution in [3.63, 3.8) is 0 Å². The van der Waals surface area contributed by atoms with Crippen molar-refractivity contribution in [2.75, 3.05) is 10.7 Å². The number of hydrogen-bond donors (Lipinski definition) is 1. The third-order valence-corrected chi connectivity index (χ3v) is 4.75. The number of hydrogen-bond acceptors (Lipinski definition) is 4. The minimum absolute atomic E-state index is 0.359. The summed E-state index contributed by atoms with van der Waals surface area (Å²) in [5.41, 5.74) is 4.06. The van der Waals surface area contributed by atoms with E-state index < -0.39 is 10.0 Å². The second-order valence-electron chi connectivity index (χ2n) is 5.45. The van der Waals surface area contributed by atoms with E-state index in [0.717, 1.165) is 22.4 Å². The third-order valence-electron chi connectivity index (χ3n) is 3.81. The second-order valence-corrected chi connectivity index (χ2v) is 7.12. The molecule has 1 aliphatic rings. The predicted octanol–water partition coefficient (Wildman–Crippen LogP) is 3.51. The number of ether oxygens (including phenoxy) is 1. The van der Waals surface area contributed by atoms with Gasteiger partial charge in [-0.05, 0) is 23.8 Å². The molecule has 0 radical (unpaired) electrons. The Kier molecular flexibility index (Phi) is 3.46. The van der Waals surface area contributed by atoms with Gasteiger partial charge in [0.15, 0.2) is 0 Å². The molecule has 2 aromatic carbocycles. The molecule has 24 heavy (non-hydrogen) atoms. The van der Waals surface area contributed by atoms with Gasteiger partial charge in [-0.25, -0.2) is 8.42 Å². The number of nitrogens with one attached hydrogen (secondary N) is 1. The number of pyridine rings is 1. The summed E-state index contributed by atoms with van der Waals surface area (Å²) in [6, 6.07) is 19.1. The summed E-state index contributed by atoms with van der Waals surface area (Å²) < 4.78 is 31.5. The van der Waals surface area contributed by atoms with Crippen LogP contribution in [0, 0.1) is 0 Å². The number of sulfonamides is 1. The molecule has 0 aliphatic carbocycles. The van der Waals surface area contributed by atoms with Crippen molar-refractivity contribution in [3.05, 3.63) is 66.9 Å². The summed E-state index contributed by atoms with van der Waals surface area (Å²) in [6.45, 7) is 0. The Morgan fingerprint density at radius 3 is 2.46 bits per heavy atom. The largest absolute Gasteiger partial charge is 0.474 e. The summed E-state index contributed by atoms with van der Waals surface area (Å²) in [5.74, 6) is 0.179. The molecule has 5 nitrogen and oxygen atoms in total. The molecular formula is C18H14N2O3S. The van der Waals surface area contributed by atoms with Crippen LogP contribution in [0.3, 0.4) is 0 Å². The van der Waals surface area contributed by atoms with E-state index in [4.69, 9.17) is 4.74 Å². The van der Waals surface area contributed by atoms with Gasteiger partial charge >= 0.3 is 0 Å². The van der Waals surface area contributed by atoms with Crippen LogP contribution in [0.5, 0.6) is 5.75 Å². The average Bonchev–Trinajstić information content (AvgIpc) is 2.61. The molecule has 4 rings (SSSR count). The lowest BCUT2D eigenvalue weighted by molar-refractivity contribution is 0.374. The van der Waals surface area contributed by atoms with Gasteiger partial charge in [-0.3, -0.25) is 9.71 Å². The highest BCUT2D eigenvalue weighted by molar-refractivity contribution is 7.92. The Morgan fingerprint density at radius 2 is 1.71 bits per heavy atom. The molecule has 1 N–H and O–H groups in total. The Hall–Kier alpha value is -2.86. The van der Waals surface area contributed by atoms with E-state index in [1.54, 1.807) is 12.3 Å². The second kappa shape index (κ2) is 5.65. The lowest BCUT2D eigenvalue weighted by Crippen LogP contribution is -2.25. The van der Waals surface area contributed by atoms with Gasteiger partial charge in [-0.2, -0.15) is 0 Å². The van der Waals surface area contributed by atoms with E-state index in [9.17, 15) is 8.42 Å². The standard InChI is InChI=1S/C18H14N2O3S/c21-24(22)12-23-17-6-3-4-15(18(17)20-24)13-7-9-14(10-8-13)16-5-1-2-11-19-16/h1-11,20H,12H2. The van der Waals surface area contributed by atoms with Crippen LogP contribution in [-0.4, -0.2) is 19.3 Å². The van der Waals surface area contributed by atoms with Crippen LogP contribution in [0.25, 0.3) is 22.4 Å². The normalized spacial score (nSPS) is 15.0. The Balaban J connectivity index is 1.75. The molecule has 0 saturated carbocycles. The first-order valence-corrected chi connectivity index (χ1v) is 9.06. The number of para-hydroxylation sites is 1. The SMILES string of the molecule is O=S1(=O)COc2cccc(-c3ccc(-c4ccccn4)cc3)c2N1. The van der Waals surface area contributed by atoms with Crippen LogP contribution < -0.4 is 9.46 Å². The minimum atomic E-state index is -3.46. The Labute approximate surface area is 140 Å². The molecule has 0 atom stereocenters. The monoisotopic (exact) mass is 338 g/mol. The molecule has 1 aliphatic heterocycles. The predicted molar refractivity (Wildman–Crippen MR) is 93.1 cm³/mol. The van der Waals surface area contributed by atoms with Crippen LogP contribution in [0.15, 0.2) is 66.9 Å². The average molecular weight is 338 g/mol. The number of anilines is 1. The first kappa shape index (κ1) is 14.7. The minimum Gasteiger partial charge on any atom is -0.474 e. The maximum Gasteiger partial charge on any atom is 0.268 e. The first-order valence-electron chi connectivity index (χ1n) is 7.40. The number of fused-ring (bicyclic) bond motifs is 1. The molecule has 3 aromatic rings. The van der Waals surface area contributed by atoms with Crippen LogP contribution in [0.4, 0.5) is 5.69 Å². The lowest BCUT2D eigenvalue weighted by atomic mass is 10.0. The zero-order chi connectivity index (χ0) is 16.6. The van der Waals surface area contributed by atoms with Crippen molar-refractivity contribution in [3.8, 4) is 28.1 Å². The highest BCUT2D eigenvalue weighted by Gasteiger charge is 2.24. The van der Waals surface area contributed by atoms with Gasteiger partial charge in [0.2, 0.25) is 5.94 Å². The van der Waals surface area contributed by atoms with Gasteiger partial charge in [-0.15, -0.1) is 0 Å². The van der Waals surface area contributed by atoms with Crippen molar-refractivity contribution < 1.29 is 13.2 Å². The van der Waals surface area contributed by atoms with E-state index >= 15 is 0 Å². The van der Waals surface area contributed by atoms with Gasteiger partial charge in [0.05, 0.1) is 11.4 Å². The highest BCUT2D eigenvalue weighted by Crippen LogP contribution is 2.39. The lowest BCUT2D eigenvalue weighted by Gasteiger charge is -2.22. The zero-order valence-corrected chi connectivity index (χ0v) is 13.5. The van der Waals surface area contributed by atoms with Gasteiger partial charge in [0.25, 0.3) is 10.0 Å². The third kappa shape index (κ3) is 2.72. The number of rotatable bonds is 2. The maximum absolute atomic E-state index is 11.8. The molecular weight excluding hydrogens is 324 g/mol. The van der Waals surface area contributed by atoms with Crippen molar-refractivity contribution in [2.45, 2.75) is 0 Å². The van der Waals surface area contributed by atoms with E-state index in [2.05, 4.69) is 9.71 Å². The van der Waals surface area contributed by atoms with Crippen molar-refractivity contribution in [1.29, 1.82) is 0 Å². The summed E-state index contributed by atoms with van der Waals surface area (Å²) in [6.07, 6.45) is 1.75. The summed E-state index contributed by atoms with van der Waals surface area (Å²) in [5, 5.41) is 0. The van der Waals surface area contributed by atoms with E-state index in [-0.39, 0.29) is 5.94 Å². The van der Waals surface area contributed by atoms with E-state index in [0.29, 0.717) is 11.4 Å². The van der Waals surface area contributed by atoms with Gasteiger partial charge in [-0.1, -0.05) is 42.5 Å². The number of aromatic nitrogens is 1. The molecule has 0 amide bonds. The molecule has 0 bridgehead atoms. The smallest absolute Gasteiger partial charge is 0.268 e. The van der Waals surface area contributed by atoms with E-state index in [1.165, 1.54) is 0 Å². The topological polar surface area (TPSA) is 68.3 Å². The van der Waals surface area contributed by atoms with Crippen LogP contribution in [-0.2, 0) is 10.0 Å². The highest BCUT2D eigenvalue weighted by atomic mass is 32.2. The number of benzene rings is 2. The summed E-state index contributed by atoms with van der Waals surface area (Å²) >= 11 is 0.